The van der Waals surface area contributed by atoms with Crippen molar-refractivity contribution < 1.29 is 28.7 Å². The molecule has 0 fully saturated rings. The molecule has 0 aromatic heterocycles. The molecule has 1 atom stereocenters. The summed E-state index contributed by atoms with van der Waals surface area (Å²) in [5.74, 6) is -2.17. The van der Waals surface area contributed by atoms with Crippen LogP contribution >= 0.6 is 90.4 Å². The van der Waals surface area contributed by atoms with Crippen LogP contribution in [0.1, 0.15) is 41.5 Å². The van der Waals surface area contributed by atoms with E-state index in [0.717, 1.165) is 12.0 Å². The van der Waals surface area contributed by atoms with Crippen LogP contribution < -0.4 is 10.1 Å². The highest BCUT2D eigenvalue weighted by Crippen LogP contribution is 2.39. The molecule has 0 radical (unpaired) electrons. The molecule has 1 aliphatic rings. The number of nitrogens with one attached hydrogen (secondary N) is 1. The molecule has 2 aromatic rings. The van der Waals surface area contributed by atoms with Gasteiger partial charge in [-0.25, -0.2) is 4.79 Å². The fourth-order valence-electron chi connectivity index (χ4n) is 3.52. The maximum absolute atomic E-state index is 13.3. The molecule has 2 aromatic carbocycles. The number of hydrogen-bond acceptors (Lipinski definition) is 6. The number of imide groups is 1. The van der Waals surface area contributed by atoms with Gasteiger partial charge in [-0.2, -0.15) is 0 Å². The molecular formula is C23H20I4N2O6. The zero-order valence-corrected chi connectivity index (χ0v) is 27.4. The molecule has 3 amide bonds. The summed E-state index contributed by atoms with van der Waals surface area (Å²) in [6.45, 7) is 5.29. The number of rotatable bonds is 8. The lowest BCUT2D eigenvalue weighted by Crippen LogP contribution is -2.49. The van der Waals surface area contributed by atoms with Crippen LogP contribution in [0.2, 0.25) is 0 Å². The zero-order valence-electron chi connectivity index (χ0n) is 18.8. The van der Waals surface area contributed by atoms with E-state index in [1.165, 1.54) is 0 Å². The second-order valence-electron chi connectivity index (χ2n) is 7.79. The molecule has 0 aliphatic carbocycles. The summed E-state index contributed by atoms with van der Waals surface area (Å²) >= 11 is 8.41. The summed E-state index contributed by atoms with van der Waals surface area (Å²) in [6, 6.07) is 5.61. The van der Waals surface area contributed by atoms with Crippen LogP contribution in [-0.4, -0.2) is 47.8 Å². The molecule has 0 bridgehead atoms. The number of benzene rings is 2. The predicted octanol–water partition coefficient (Wildman–Crippen LogP) is 5.31. The number of amides is 3. The molecule has 0 saturated carbocycles. The van der Waals surface area contributed by atoms with Crippen LogP contribution in [0.15, 0.2) is 24.3 Å². The van der Waals surface area contributed by atoms with Crippen LogP contribution in [0, 0.1) is 20.2 Å². The fourth-order valence-corrected chi connectivity index (χ4v) is 7.17. The maximum Gasteiger partial charge on any atom is 0.330 e. The number of carbonyl (C=O) groups excluding carboxylic acids is 4. The first-order valence-electron chi connectivity index (χ1n) is 10.4. The Labute approximate surface area is 257 Å². The number of fused-ring (bicyclic) bond motifs is 1. The first-order valence-corrected chi connectivity index (χ1v) is 14.7. The lowest BCUT2D eigenvalue weighted by Gasteiger charge is -2.27. The number of halogens is 4. The Morgan fingerprint density at radius 3 is 1.89 bits per heavy atom. The average molecular weight is 928 g/mol. The Kier molecular flexibility index (Phi) is 10.0. The van der Waals surface area contributed by atoms with Crippen molar-refractivity contribution in [3.63, 3.8) is 0 Å². The summed E-state index contributed by atoms with van der Waals surface area (Å²) in [5.41, 5.74) is 1.12. The number of nitrogens with zero attached hydrogens (tertiary/aromatic N) is 1. The Bertz CT molecular complexity index is 1150. The molecule has 0 saturated heterocycles. The van der Waals surface area contributed by atoms with Gasteiger partial charge in [0.05, 0.1) is 17.7 Å². The van der Waals surface area contributed by atoms with Gasteiger partial charge < -0.3 is 14.8 Å². The Morgan fingerprint density at radius 2 is 1.43 bits per heavy atom. The second-order valence-corrected chi connectivity index (χ2v) is 12.1. The van der Waals surface area contributed by atoms with Crippen LogP contribution in [0.4, 0.5) is 5.69 Å². The van der Waals surface area contributed by atoms with Gasteiger partial charge in [-0.1, -0.05) is 13.8 Å². The molecular weight excluding hydrogens is 908 g/mol. The molecule has 1 N–H and O–H groups in total. The van der Waals surface area contributed by atoms with E-state index in [9.17, 15) is 19.2 Å². The van der Waals surface area contributed by atoms with E-state index in [0.29, 0.717) is 36.3 Å². The summed E-state index contributed by atoms with van der Waals surface area (Å²) in [6.07, 6.45) is 0. The minimum Gasteiger partial charge on any atom is -0.494 e. The summed E-state index contributed by atoms with van der Waals surface area (Å²) in [4.78, 5) is 53.0. The van der Waals surface area contributed by atoms with Crippen molar-refractivity contribution in [2.24, 2.45) is 5.92 Å². The van der Waals surface area contributed by atoms with Gasteiger partial charge in [-0.3, -0.25) is 19.3 Å². The molecule has 8 nitrogen and oxygen atoms in total. The van der Waals surface area contributed by atoms with Gasteiger partial charge in [-0.15, -0.1) is 0 Å². The number of anilines is 1. The van der Waals surface area contributed by atoms with E-state index in [4.69, 9.17) is 9.47 Å². The lowest BCUT2D eigenvalue weighted by molar-refractivity contribution is -0.152. The minimum atomic E-state index is -1.16. The SMILES string of the molecule is CCOc1ccc(NC(=O)COC(=O)C(C(C)C)N2C(=O)c3c(I)c(I)c(I)c(I)c3C2=O)cc1. The standard InChI is InChI=1S/C23H20I4N2O6/c1-4-34-12-7-5-11(6-8-12)28-13(30)9-35-23(33)20(10(2)3)29-21(31)14-15(22(29)32)17(25)19(27)18(26)16(14)24/h5-8,10,20H,4,9H2,1-3H3,(H,28,30). The molecule has 1 aliphatic heterocycles. The topological polar surface area (TPSA) is 102 Å². The van der Waals surface area contributed by atoms with Gasteiger partial charge in [0.25, 0.3) is 17.7 Å². The largest absolute Gasteiger partial charge is 0.494 e. The number of hydrogen-bond donors (Lipinski definition) is 1. The van der Waals surface area contributed by atoms with Gasteiger partial charge in [-0.05, 0) is 127 Å². The molecule has 0 spiro atoms. The monoisotopic (exact) mass is 928 g/mol. The molecule has 1 unspecified atom stereocenters. The van der Waals surface area contributed by atoms with E-state index in [2.05, 4.69) is 95.7 Å². The Balaban J connectivity index is 1.75. The fraction of sp³-hybridized carbons (Fsp3) is 0.304. The van der Waals surface area contributed by atoms with Gasteiger partial charge >= 0.3 is 5.97 Å². The molecule has 12 heteroatoms. The van der Waals surface area contributed by atoms with Gasteiger partial charge in [0, 0.05) is 20.0 Å². The predicted molar refractivity (Wildman–Crippen MR) is 164 cm³/mol. The van der Waals surface area contributed by atoms with E-state index in [1.54, 1.807) is 38.1 Å². The first-order chi connectivity index (χ1) is 16.5. The smallest absolute Gasteiger partial charge is 0.330 e. The van der Waals surface area contributed by atoms with Crippen molar-refractivity contribution in [3.8, 4) is 5.75 Å². The zero-order chi connectivity index (χ0) is 26.0. The maximum atomic E-state index is 13.3. The number of carbonyl (C=O) groups is 4. The van der Waals surface area contributed by atoms with Gasteiger partial charge in [0.15, 0.2) is 6.61 Å². The minimum absolute atomic E-state index is 0.302. The van der Waals surface area contributed by atoms with Crippen LogP contribution in [0.25, 0.3) is 0 Å². The highest BCUT2D eigenvalue weighted by Gasteiger charge is 2.47. The third-order valence-electron chi connectivity index (χ3n) is 5.08. The summed E-state index contributed by atoms with van der Waals surface area (Å²) in [5, 5.41) is 2.64. The lowest BCUT2D eigenvalue weighted by atomic mass is 10.0. The van der Waals surface area contributed by atoms with Gasteiger partial charge in [0.1, 0.15) is 11.8 Å². The molecule has 186 valence electrons. The van der Waals surface area contributed by atoms with E-state index >= 15 is 0 Å². The van der Waals surface area contributed by atoms with Crippen LogP contribution in [0.5, 0.6) is 5.75 Å². The van der Waals surface area contributed by atoms with Crippen LogP contribution in [-0.2, 0) is 14.3 Å². The summed E-state index contributed by atoms with van der Waals surface area (Å²) < 4.78 is 13.7. The summed E-state index contributed by atoms with van der Waals surface area (Å²) in [7, 11) is 0. The average Bonchev–Trinajstić information content (AvgIpc) is 3.06. The van der Waals surface area contributed by atoms with E-state index in [-0.39, 0.29) is 0 Å². The molecule has 35 heavy (non-hydrogen) atoms. The van der Waals surface area contributed by atoms with E-state index < -0.39 is 42.3 Å². The quantitative estimate of drug-likeness (QED) is 0.127. The van der Waals surface area contributed by atoms with Crippen molar-refractivity contribution in [1.82, 2.24) is 4.90 Å². The number of ether oxygens (including phenoxy) is 2. The number of esters is 1. The first kappa shape index (κ1) is 28.8. The van der Waals surface area contributed by atoms with Crippen molar-refractivity contribution in [3.05, 3.63) is 49.7 Å². The third-order valence-corrected chi connectivity index (χ3v) is 12.5. The van der Waals surface area contributed by atoms with Gasteiger partial charge in [0.2, 0.25) is 0 Å². The second kappa shape index (κ2) is 12.2. The van der Waals surface area contributed by atoms with Crippen LogP contribution in [0.3, 0.4) is 0 Å². The molecule has 3 rings (SSSR count). The van der Waals surface area contributed by atoms with Crippen molar-refractivity contribution >= 4 is 120 Å². The Morgan fingerprint density at radius 1 is 0.914 bits per heavy atom. The Hall–Kier alpha value is -0.760. The van der Waals surface area contributed by atoms with E-state index in [1.807, 2.05) is 6.92 Å². The highest BCUT2D eigenvalue weighted by molar-refractivity contribution is 14.1. The highest BCUT2D eigenvalue weighted by atomic mass is 127. The van der Waals surface area contributed by atoms with Crippen molar-refractivity contribution in [2.45, 2.75) is 26.8 Å². The van der Waals surface area contributed by atoms with Crippen molar-refractivity contribution in [2.75, 3.05) is 18.5 Å². The van der Waals surface area contributed by atoms with Crippen molar-refractivity contribution in [1.29, 1.82) is 0 Å². The third kappa shape index (κ3) is 6.05. The molecule has 1 heterocycles. The normalized spacial score (nSPS) is 13.7.